The van der Waals surface area contributed by atoms with Crippen molar-refractivity contribution in [3.05, 3.63) is 59.0 Å². The van der Waals surface area contributed by atoms with Crippen molar-refractivity contribution in [1.29, 1.82) is 0 Å². The van der Waals surface area contributed by atoms with Gasteiger partial charge in [-0.3, -0.25) is 14.3 Å². The number of likely N-dealkylation sites (tertiary alicyclic amines) is 1. The van der Waals surface area contributed by atoms with Crippen LogP contribution in [0.15, 0.2) is 47.2 Å². The molecule has 0 saturated carbocycles. The number of aromatic nitrogens is 3. The molecule has 0 unspecified atom stereocenters. The number of aliphatic hydroxyl groups excluding tert-OH is 1. The number of rotatable bonds is 6. The van der Waals surface area contributed by atoms with E-state index in [1.807, 2.05) is 70.7 Å². The molecule has 1 N–H and O–H groups in total. The standard InChI is InChI=1S/C28H33N5O3S/c1-16(2)24(19-12-30-32(5)13-19)26(35)33-14-21(34)10-23(33)22-11-28(4,27(36)31-22)20-8-6-18(7-9-20)25-17(3)29-15-37-25/h6-9,12-13,15-16,21,23-24,34H,10-11,14H2,1-5H3/t21-,23+,24-,28+/m1/s1. The third-order valence-corrected chi connectivity index (χ3v) is 8.72. The fraction of sp³-hybridized carbons (Fsp3) is 0.464. The van der Waals surface area contributed by atoms with Gasteiger partial charge in [-0.1, -0.05) is 38.1 Å². The van der Waals surface area contributed by atoms with Gasteiger partial charge >= 0.3 is 0 Å². The summed E-state index contributed by atoms with van der Waals surface area (Å²) in [4.78, 5) is 38.8. The Hall–Kier alpha value is -3.17. The first-order chi connectivity index (χ1) is 17.6. The highest BCUT2D eigenvalue weighted by molar-refractivity contribution is 7.13. The number of aryl methyl sites for hydroxylation is 2. The van der Waals surface area contributed by atoms with Crippen LogP contribution in [0.3, 0.4) is 0 Å². The van der Waals surface area contributed by atoms with Crippen molar-refractivity contribution in [2.24, 2.45) is 18.0 Å². The summed E-state index contributed by atoms with van der Waals surface area (Å²) in [5.41, 5.74) is 5.52. The highest BCUT2D eigenvalue weighted by Crippen LogP contribution is 2.39. The van der Waals surface area contributed by atoms with Crippen molar-refractivity contribution >= 4 is 28.9 Å². The first-order valence-electron chi connectivity index (χ1n) is 12.7. The zero-order valence-corrected chi connectivity index (χ0v) is 22.7. The zero-order valence-electron chi connectivity index (χ0n) is 21.9. The van der Waals surface area contributed by atoms with Gasteiger partial charge in [-0.2, -0.15) is 5.10 Å². The smallest absolute Gasteiger partial charge is 0.256 e. The van der Waals surface area contributed by atoms with Gasteiger partial charge in [0.05, 0.1) is 45.8 Å². The van der Waals surface area contributed by atoms with E-state index in [-0.39, 0.29) is 30.2 Å². The first-order valence-corrected chi connectivity index (χ1v) is 13.6. The quantitative estimate of drug-likeness (QED) is 0.533. The minimum Gasteiger partial charge on any atom is -0.391 e. The third-order valence-electron chi connectivity index (χ3n) is 7.75. The van der Waals surface area contributed by atoms with Crippen molar-refractivity contribution < 1.29 is 14.7 Å². The van der Waals surface area contributed by atoms with Crippen molar-refractivity contribution in [2.45, 2.75) is 64.0 Å². The largest absolute Gasteiger partial charge is 0.391 e. The van der Waals surface area contributed by atoms with Crippen LogP contribution in [0.25, 0.3) is 10.4 Å². The molecule has 2 aliphatic heterocycles. The van der Waals surface area contributed by atoms with Crippen LogP contribution in [0.5, 0.6) is 0 Å². The Balaban J connectivity index is 1.39. The monoisotopic (exact) mass is 519 g/mol. The van der Waals surface area contributed by atoms with E-state index in [0.717, 1.165) is 27.3 Å². The molecule has 2 amide bonds. The fourth-order valence-electron chi connectivity index (χ4n) is 5.68. The Bertz CT molecular complexity index is 1360. The van der Waals surface area contributed by atoms with Crippen LogP contribution in [0.2, 0.25) is 0 Å². The molecule has 2 aliphatic rings. The number of carbonyl (C=O) groups excluding carboxylic acids is 2. The molecule has 3 aromatic rings. The van der Waals surface area contributed by atoms with Crippen LogP contribution in [0, 0.1) is 12.8 Å². The van der Waals surface area contributed by atoms with Crippen molar-refractivity contribution in [3.63, 3.8) is 0 Å². The number of aliphatic imine (C=N–C) groups is 1. The van der Waals surface area contributed by atoms with Crippen molar-refractivity contribution in [2.75, 3.05) is 6.54 Å². The maximum Gasteiger partial charge on any atom is 0.256 e. The molecule has 2 aromatic heterocycles. The number of benzene rings is 1. The maximum absolute atomic E-state index is 13.8. The molecule has 194 valence electrons. The van der Waals surface area contributed by atoms with Crippen LogP contribution in [-0.4, -0.2) is 61.0 Å². The van der Waals surface area contributed by atoms with Crippen LogP contribution in [0.4, 0.5) is 0 Å². The molecule has 0 aliphatic carbocycles. The van der Waals surface area contributed by atoms with Gasteiger partial charge in [0.2, 0.25) is 5.91 Å². The van der Waals surface area contributed by atoms with Crippen LogP contribution in [0.1, 0.15) is 56.4 Å². The maximum atomic E-state index is 13.8. The van der Waals surface area contributed by atoms with Gasteiger partial charge in [0.1, 0.15) is 0 Å². The number of nitrogens with zero attached hydrogens (tertiary/aromatic N) is 5. The SMILES string of the molecule is Cc1ncsc1-c1ccc([C@]2(C)CC([C@@H]3C[C@@H](O)CN3C(=O)[C@@H](c3cnn(C)c3)C(C)C)=NC2=O)cc1. The summed E-state index contributed by atoms with van der Waals surface area (Å²) >= 11 is 1.60. The molecular formula is C28H33N5O3S. The summed E-state index contributed by atoms with van der Waals surface area (Å²) in [5.74, 6) is -0.593. The first kappa shape index (κ1) is 25.5. The average molecular weight is 520 g/mol. The van der Waals surface area contributed by atoms with E-state index in [1.54, 1.807) is 27.1 Å². The number of amides is 2. The minimum atomic E-state index is -0.806. The lowest BCUT2D eigenvalue weighted by Crippen LogP contribution is -2.44. The van der Waals surface area contributed by atoms with Crippen LogP contribution < -0.4 is 0 Å². The number of thiazole rings is 1. The lowest BCUT2D eigenvalue weighted by atomic mass is 9.78. The average Bonchev–Trinajstić information content (AvgIpc) is 3.62. The van der Waals surface area contributed by atoms with E-state index < -0.39 is 17.6 Å². The molecule has 1 aromatic carbocycles. The van der Waals surface area contributed by atoms with Gasteiger partial charge in [0.25, 0.3) is 5.91 Å². The third kappa shape index (κ3) is 4.55. The molecule has 1 saturated heterocycles. The van der Waals surface area contributed by atoms with E-state index >= 15 is 0 Å². The van der Waals surface area contributed by atoms with Gasteiger partial charge in [-0.15, -0.1) is 11.3 Å². The second-order valence-electron chi connectivity index (χ2n) is 10.8. The van der Waals surface area contributed by atoms with E-state index in [2.05, 4.69) is 15.1 Å². The predicted octanol–water partition coefficient (Wildman–Crippen LogP) is 3.88. The molecule has 8 nitrogen and oxygen atoms in total. The Morgan fingerprint density at radius 3 is 2.57 bits per heavy atom. The molecule has 0 bridgehead atoms. The summed E-state index contributed by atoms with van der Waals surface area (Å²) in [5, 5.41) is 14.8. The molecule has 5 rings (SSSR count). The molecule has 37 heavy (non-hydrogen) atoms. The number of hydrogen-bond acceptors (Lipinski definition) is 6. The van der Waals surface area contributed by atoms with E-state index in [9.17, 15) is 14.7 Å². The number of β-amino-alcohol motifs (C(OH)–C–C–N with tert-alkyl or cyclic N) is 1. The van der Waals surface area contributed by atoms with E-state index in [4.69, 9.17) is 0 Å². The summed E-state index contributed by atoms with van der Waals surface area (Å²) < 4.78 is 1.70. The molecule has 4 heterocycles. The van der Waals surface area contributed by atoms with E-state index in [1.165, 1.54) is 0 Å². The predicted molar refractivity (Wildman–Crippen MR) is 144 cm³/mol. The molecule has 0 radical (unpaired) electrons. The van der Waals surface area contributed by atoms with Gasteiger partial charge in [-0.05, 0) is 30.9 Å². The number of carbonyl (C=O) groups is 2. The normalized spacial score (nSPS) is 24.7. The topological polar surface area (TPSA) is 101 Å². The van der Waals surface area contributed by atoms with Gasteiger partial charge in [0.15, 0.2) is 0 Å². The second-order valence-corrected chi connectivity index (χ2v) is 11.7. The summed E-state index contributed by atoms with van der Waals surface area (Å²) in [7, 11) is 1.83. The van der Waals surface area contributed by atoms with Gasteiger partial charge in [0, 0.05) is 43.9 Å². The Morgan fingerprint density at radius 1 is 1.24 bits per heavy atom. The Kier molecular flexibility index (Phi) is 6.62. The molecule has 0 spiro atoms. The summed E-state index contributed by atoms with van der Waals surface area (Å²) in [6.07, 6.45) is 3.76. The van der Waals surface area contributed by atoms with Gasteiger partial charge in [-0.25, -0.2) is 9.98 Å². The molecule has 1 fully saturated rings. The molecular weight excluding hydrogens is 486 g/mol. The van der Waals surface area contributed by atoms with Gasteiger partial charge < -0.3 is 10.0 Å². The summed E-state index contributed by atoms with van der Waals surface area (Å²) in [6, 6.07) is 7.65. The number of aliphatic hydroxyl groups is 1. The van der Waals surface area contributed by atoms with Crippen LogP contribution >= 0.6 is 11.3 Å². The highest BCUT2D eigenvalue weighted by Gasteiger charge is 2.48. The van der Waals surface area contributed by atoms with E-state index in [0.29, 0.717) is 18.6 Å². The molecule has 4 atom stereocenters. The lowest BCUT2D eigenvalue weighted by Gasteiger charge is -2.31. The van der Waals surface area contributed by atoms with Crippen LogP contribution in [-0.2, 0) is 22.1 Å². The number of hydrogen-bond donors (Lipinski definition) is 1. The Labute approximate surface area is 221 Å². The summed E-state index contributed by atoms with van der Waals surface area (Å²) in [6.45, 7) is 8.18. The molecule has 9 heteroatoms. The fourth-order valence-corrected chi connectivity index (χ4v) is 6.49. The highest BCUT2D eigenvalue weighted by atomic mass is 32.1. The lowest BCUT2D eigenvalue weighted by molar-refractivity contribution is -0.134. The zero-order chi connectivity index (χ0) is 26.5. The second kappa shape index (κ2) is 9.61. The van der Waals surface area contributed by atoms with Crippen molar-refractivity contribution in [1.82, 2.24) is 19.7 Å². The Morgan fingerprint density at radius 2 is 1.97 bits per heavy atom. The minimum absolute atomic E-state index is 0.0493. The van der Waals surface area contributed by atoms with Crippen molar-refractivity contribution in [3.8, 4) is 10.4 Å².